The molecule has 0 aromatic heterocycles. The van der Waals surface area contributed by atoms with Crippen LogP contribution in [0.2, 0.25) is 0 Å². The van der Waals surface area contributed by atoms with Crippen molar-refractivity contribution in [2.24, 2.45) is 0 Å². The van der Waals surface area contributed by atoms with Gasteiger partial charge in [0.25, 0.3) is 5.91 Å². The number of nitrogens with two attached hydrogens (primary N) is 1. The van der Waals surface area contributed by atoms with Gasteiger partial charge in [0.05, 0.1) is 5.56 Å². The molecule has 1 atom stereocenters. The number of nitrogens with zero attached hydrogens (tertiary/aromatic N) is 1. The van der Waals surface area contributed by atoms with Crippen molar-refractivity contribution in [1.29, 1.82) is 0 Å². The van der Waals surface area contributed by atoms with Crippen molar-refractivity contribution in [3.63, 3.8) is 0 Å². The summed E-state index contributed by atoms with van der Waals surface area (Å²) in [4.78, 5) is 14.4. The Hall–Kier alpha value is -1.07. The number of benzene rings is 1. The zero-order chi connectivity index (χ0) is 13.1. The SMILES string of the molecule is CN1CCCC(NC(=O)c2cc(N)ccc2Br)C1. The Morgan fingerprint density at radius 2 is 2.33 bits per heavy atom. The molecule has 0 radical (unpaired) electrons. The lowest BCUT2D eigenvalue weighted by atomic mass is 10.1. The molecule has 1 fully saturated rings. The summed E-state index contributed by atoms with van der Waals surface area (Å²) < 4.78 is 0.776. The Morgan fingerprint density at radius 3 is 3.06 bits per heavy atom. The molecule has 1 aromatic carbocycles. The zero-order valence-electron chi connectivity index (χ0n) is 10.4. The van der Waals surface area contributed by atoms with E-state index in [1.165, 1.54) is 0 Å². The van der Waals surface area contributed by atoms with Crippen molar-refractivity contribution in [3.8, 4) is 0 Å². The van der Waals surface area contributed by atoms with Crippen LogP contribution in [-0.4, -0.2) is 37.0 Å². The van der Waals surface area contributed by atoms with Gasteiger partial charge < -0.3 is 16.0 Å². The van der Waals surface area contributed by atoms with Crippen LogP contribution in [0.4, 0.5) is 5.69 Å². The second kappa shape index (κ2) is 5.71. The predicted molar refractivity (Wildman–Crippen MR) is 76.5 cm³/mol. The van der Waals surface area contributed by atoms with Gasteiger partial charge in [-0.3, -0.25) is 4.79 Å². The molecule has 1 aromatic rings. The molecule has 0 bridgehead atoms. The van der Waals surface area contributed by atoms with Crippen LogP contribution in [0.1, 0.15) is 23.2 Å². The standard InChI is InChI=1S/C13H18BrN3O/c1-17-6-2-3-10(8-17)16-13(18)11-7-9(15)4-5-12(11)14/h4-5,7,10H,2-3,6,8,15H2,1H3,(H,16,18). The number of carbonyl (C=O) groups is 1. The van der Waals surface area contributed by atoms with E-state index in [4.69, 9.17) is 5.73 Å². The number of likely N-dealkylation sites (tertiary alicyclic amines) is 1. The third-order valence-corrected chi connectivity index (χ3v) is 3.89. The summed E-state index contributed by atoms with van der Waals surface area (Å²) in [5, 5.41) is 3.07. The fraction of sp³-hybridized carbons (Fsp3) is 0.462. The van der Waals surface area contributed by atoms with Crippen LogP contribution in [0.15, 0.2) is 22.7 Å². The van der Waals surface area contributed by atoms with Gasteiger partial charge in [-0.1, -0.05) is 0 Å². The number of anilines is 1. The van der Waals surface area contributed by atoms with E-state index >= 15 is 0 Å². The normalized spacial score (nSPS) is 20.7. The highest BCUT2D eigenvalue weighted by molar-refractivity contribution is 9.10. The van der Waals surface area contributed by atoms with Crippen molar-refractivity contribution < 1.29 is 4.79 Å². The number of piperidine rings is 1. The van der Waals surface area contributed by atoms with Gasteiger partial charge in [0, 0.05) is 22.7 Å². The molecule has 1 amide bonds. The molecule has 98 valence electrons. The summed E-state index contributed by atoms with van der Waals surface area (Å²) in [6, 6.07) is 5.50. The average molecular weight is 312 g/mol. The molecule has 4 nitrogen and oxygen atoms in total. The van der Waals surface area contributed by atoms with Crippen LogP contribution >= 0.6 is 15.9 Å². The molecule has 1 saturated heterocycles. The van der Waals surface area contributed by atoms with E-state index in [0.717, 1.165) is 30.4 Å². The number of rotatable bonds is 2. The number of nitrogens with one attached hydrogen (secondary N) is 1. The van der Waals surface area contributed by atoms with E-state index in [9.17, 15) is 4.79 Å². The first-order valence-electron chi connectivity index (χ1n) is 6.10. The Bertz CT molecular complexity index is 450. The number of likely N-dealkylation sites (N-methyl/N-ethyl adjacent to an activating group) is 1. The molecule has 1 heterocycles. The van der Waals surface area contributed by atoms with Crippen LogP contribution in [0.3, 0.4) is 0 Å². The largest absolute Gasteiger partial charge is 0.399 e. The maximum Gasteiger partial charge on any atom is 0.252 e. The molecule has 2 rings (SSSR count). The van der Waals surface area contributed by atoms with Gasteiger partial charge in [-0.25, -0.2) is 0 Å². The van der Waals surface area contributed by atoms with E-state index in [1.807, 2.05) is 0 Å². The topological polar surface area (TPSA) is 58.4 Å². The lowest BCUT2D eigenvalue weighted by Gasteiger charge is -2.30. The minimum absolute atomic E-state index is 0.0607. The number of amides is 1. The molecule has 1 aliphatic rings. The van der Waals surface area contributed by atoms with Gasteiger partial charge in [0.15, 0.2) is 0 Å². The van der Waals surface area contributed by atoms with Crippen molar-refractivity contribution in [1.82, 2.24) is 10.2 Å². The molecule has 5 heteroatoms. The Balaban J connectivity index is 2.05. The van der Waals surface area contributed by atoms with Gasteiger partial charge in [0.1, 0.15) is 0 Å². The summed E-state index contributed by atoms with van der Waals surface area (Å²) in [5.74, 6) is -0.0607. The monoisotopic (exact) mass is 311 g/mol. The predicted octanol–water partition coefficient (Wildman–Crippen LogP) is 1.86. The highest BCUT2D eigenvalue weighted by atomic mass is 79.9. The van der Waals surface area contributed by atoms with Crippen LogP contribution < -0.4 is 11.1 Å². The second-order valence-corrected chi connectivity index (χ2v) is 5.67. The summed E-state index contributed by atoms with van der Waals surface area (Å²) in [6.45, 7) is 2.01. The smallest absolute Gasteiger partial charge is 0.252 e. The third kappa shape index (κ3) is 3.23. The molecule has 18 heavy (non-hydrogen) atoms. The number of nitrogen functional groups attached to an aromatic ring is 1. The maximum absolute atomic E-state index is 12.2. The molecule has 1 aliphatic heterocycles. The summed E-state index contributed by atoms with van der Waals surface area (Å²) in [6.07, 6.45) is 2.16. The Labute approximate surface area is 116 Å². The summed E-state index contributed by atoms with van der Waals surface area (Å²) >= 11 is 3.38. The van der Waals surface area contributed by atoms with Crippen LogP contribution in [-0.2, 0) is 0 Å². The lowest BCUT2D eigenvalue weighted by molar-refractivity contribution is 0.0912. The van der Waals surface area contributed by atoms with Gasteiger partial charge in [-0.05, 0) is 60.6 Å². The number of hydrogen-bond donors (Lipinski definition) is 2. The fourth-order valence-corrected chi connectivity index (χ4v) is 2.69. The molecule has 0 saturated carbocycles. The number of carbonyl (C=O) groups excluding carboxylic acids is 1. The average Bonchev–Trinajstić information content (AvgIpc) is 2.32. The highest BCUT2D eigenvalue weighted by Crippen LogP contribution is 2.20. The lowest BCUT2D eigenvalue weighted by Crippen LogP contribution is -2.46. The molecule has 1 unspecified atom stereocenters. The maximum atomic E-state index is 12.2. The van der Waals surface area contributed by atoms with E-state index in [0.29, 0.717) is 11.3 Å². The van der Waals surface area contributed by atoms with E-state index in [2.05, 4.69) is 33.2 Å². The van der Waals surface area contributed by atoms with Crippen molar-refractivity contribution in [2.75, 3.05) is 25.9 Å². The van der Waals surface area contributed by atoms with Crippen molar-refractivity contribution >= 4 is 27.5 Å². The van der Waals surface area contributed by atoms with Crippen LogP contribution in [0.5, 0.6) is 0 Å². The first kappa shape index (κ1) is 13.4. The van der Waals surface area contributed by atoms with Gasteiger partial charge in [-0.15, -0.1) is 0 Å². The van der Waals surface area contributed by atoms with Gasteiger partial charge >= 0.3 is 0 Å². The first-order valence-corrected chi connectivity index (χ1v) is 6.90. The number of halogens is 1. The molecule has 3 N–H and O–H groups in total. The molecule has 0 aliphatic carbocycles. The highest BCUT2D eigenvalue weighted by Gasteiger charge is 2.20. The van der Waals surface area contributed by atoms with Gasteiger partial charge in [0.2, 0.25) is 0 Å². The van der Waals surface area contributed by atoms with Crippen LogP contribution in [0.25, 0.3) is 0 Å². The van der Waals surface area contributed by atoms with E-state index in [-0.39, 0.29) is 11.9 Å². The summed E-state index contributed by atoms with van der Waals surface area (Å²) in [7, 11) is 2.08. The first-order chi connectivity index (χ1) is 8.56. The Kier molecular flexibility index (Phi) is 4.24. The fourth-order valence-electron chi connectivity index (χ4n) is 2.26. The van der Waals surface area contributed by atoms with Gasteiger partial charge in [-0.2, -0.15) is 0 Å². The van der Waals surface area contributed by atoms with Crippen molar-refractivity contribution in [2.45, 2.75) is 18.9 Å². The van der Waals surface area contributed by atoms with Crippen molar-refractivity contribution in [3.05, 3.63) is 28.2 Å². The zero-order valence-corrected chi connectivity index (χ0v) is 12.0. The van der Waals surface area contributed by atoms with Crippen LogP contribution in [0, 0.1) is 0 Å². The molecule has 0 spiro atoms. The summed E-state index contributed by atoms with van der Waals surface area (Å²) in [5.41, 5.74) is 6.91. The third-order valence-electron chi connectivity index (χ3n) is 3.19. The minimum atomic E-state index is -0.0607. The quantitative estimate of drug-likeness (QED) is 0.820. The van der Waals surface area contributed by atoms with E-state index in [1.54, 1.807) is 18.2 Å². The second-order valence-electron chi connectivity index (χ2n) is 4.81. The molecular weight excluding hydrogens is 294 g/mol. The number of hydrogen-bond acceptors (Lipinski definition) is 3. The minimum Gasteiger partial charge on any atom is -0.399 e. The molecular formula is C13H18BrN3O. The van der Waals surface area contributed by atoms with E-state index < -0.39 is 0 Å². The Morgan fingerprint density at radius 1 is 1.56 bits per heavy atom.